The van der Waals surface area contributed by atoms with Crippen LogP contribution < -0.4 is 10.6 Å². The van der Waals surface area contributed by atoms with Gasteiger partial charge in [0.25, 0.3) is 0 Å². The lowest BCUT2D eigenvalue weighted by Crippen LogP contribution is -2.38. The lowest BCUT2D eigenvalue weighted by molar-refractivity contribution is -0.122. The molecular formula is C14H20N2OS. The van der Waals surface area contributed by atoms with Crippen LogP contribution in [0.25, 0.3) is 0 Å². The first-order valence-electron chi connectivity index (χ1n) is 6.47. The van der Waals surface area contributed by atoms with Crippen LogP contribution in [0.15, 0.2) is 23.1 Å². The second-order valence-corrected chi connectivity index (χ2v) is 5.89. The van der Waals surface area contributed by atoms with Crippen molar-refractivity contribution in [2.24, 2.45) is 5.92 Å². The molecule has 3 nitrogen and oxygen atoms in total. The molecule has 0 spiro atoms. The van der Waals surface area contributed by atoms with E-state index in [4.69, 9.17) is 5.73 Å². The van der Waals surface area contributed by atoms with E-state index in [1.165, 1.54) is 0 Å². The van der Waals surface area contributed by atoms with E-state index in [1.54, 1.807) is 11.8 Å². The number of hydrogen-bond acceptors (Lipinski definition) is 3. The fourth-order valence-corrected chi connectivity index (χ4v) is 3.26. The monoisotopic (exact) mass is 264 g/mol. The van der Waals surface area contributed by atoms with Crippen LogP contribution >= 0.6 is 11.8 Å². The number of carbonyl (C=O) groups is 1. The average Bonchev–Trinajstić information content (AvgIpc) is 2.37. The first-order valence-corrected chi connectivity index (χ1v) is 7.45. The number of nitrogens with two attached hydrogens (primary N) is 1. The van der Waals surface area contributed by atoms with Crippen molar-refractivity contribution in [3.05, 3.63) is 18.2 Å². The third-order valence-electron chi connectivity index (χ3n) is 3.26. The molecule has 0 bridgehead atoms. The molecule has 1 aromatic carbocycles. The Hall–Kier alpha value is -1.16. The summed E-state index contributed by atoms with van der Waals surface area (Å²) >= 11 is 1.79. The number of amides is 1. The van der Waals surface area contributed by atoms with Crippen LogP contribution in [0, 0.1) is 5.92 Å². The summed E-state index contributed by atoms with van der Waals surface area (Å²) in [5, 5.41) is 0. The summed E-state index contributed by atoms with van der Waals surface area (Å²) in [4.78, 5) is 15.5. The van der Waals surface area contributed by atoms with Crippen molar-refractivity contribution < 1.29 is 4.79 Å². The highest BCUT2D eigenvalue weighted by atomic mass is 32.2. The third kappa shape index (κ3) is 2.64. The minimum absolute atomic E-state index is 0.0902. The normalized spacial score (nSPS) is 16.2. The van der Waals surface area contributed by atoms with Gasteiger partial charge in [-0.2, -0.15) is 0 Å². The SMILES string of the molecule is CCCC(C)C(=O)N1CCSc2ccc(N)cc21. The Morgan fingerprint density at radius 1 is 1.56 bits per heavy atom. The van der Waals surface area contributed by atoms with E-state index in [1.807, 2.05) is 30.0 Å². The van der Waals surface area contributed by atoms with E-state index in [0.717, 1.165) is 41.4 Å². The fraction of sp³-hybridized carbons (Fsp3) is 0.500. The second-order valence-electron chi connectivity index (χ2n) is 4.76. The average molecular weight is 264 g/mol. The number of thioether (sulfide) groups is 1. The number of benzene rings is 1. The van der Waals surface area contributed by atoms with Gasteiger partial charge in [0.1, 0.15) is 0 Å². The van der Waals surface area contributed by atoms with Crippen LogP contribution in [0.2, 0.25) is 0 Å². The first-order chi connectivity index (χ1) is 8.63. The molecule has 1 atom stereocenters. The Morgan fingerprint density at radius 3 is 3.06 bits per heavy atom. The zero-order chi connectivity index (χ0) is 13.1. The number of rotatable bonds is 3. The van der Waals surface area contributed by atoms with Crippen molar-refractivity contribution in [2.75, 3.05) is 22.9 Å². The molecule has 1 aliphatic rings. The maximum Gasteiger partial charge on any atom is 0.229 e. The summed E-state index contributed by atoms with van der Waals surface area (Å²) in [5.41, 5.74) is 7.54. The zero-order valence-corrected chi connectivity index (χ0v) is 11.8. The van der Waals surface area contributed by atoms with E-state index in [2.05, 4.69) is 6.92 Å². The van der Waals surface area contributed by atoms with Crippen LogP contribution in [0.3, 0.4) is 0 Å². The van der Waals surface area contributed by atoms with Gasteiger partial charge in [0, 0.05) is 28.8 Å². The van der Waals surface area contributed by atoms with E-state index in [0.29, 0.717) is 0 Å². The van der Waals surface area contributed by atoms with Gasteiger partial charge in [0.2, 0.25) is 5.91 Å². The highest BCUT2D eigenvalue weighted by Crippen LogP contribution is 2.36. The van der Waals surface area contributed by atoms with Gasteiger partial charge in [-0.1, -0.05) is 20.3 Å². The molecule has 0 saturated heterocycles. The second kappa shape index (κ2) is 5.65. The smallest absolute Gasteiger partial charge is 0.229 e. The Bertz CT molecular complexity index is 447. The molecule has 2 rings (SSSR count). The van der Waals surface area contributed by atoms with Gasteiger partial charge in [0.15, 0.2) is 0 Å². The maximum atomic E-state index is 12.4. The minimum atomic E-state index is 0.0902. The number of nitrogens with zero attached hydrogens (tertiary/aromatic N) is 1. The van der Waals surface area contributed by atoms with E-state index < -0.39 is 0 Å². The molecule has 0 aliphatic carbocycles. The predicted molar refractivity (Wildman–Crippen MR) is 78.0 cm³/mol. The molecular weight excluding hydrogens is 244 g/mol. The molecule has 1 unspecified atom stereocenters. The Morgan fingerprint density at radius 2 is 2.33 bits per heavy atom. The molecule has 0 saturated carbocycles. The van der Waals surface area contributed by atoms with Gasteiger partial charge in [-0.3, -0.25) is 4.79 Å². The van der Waals surface area contributed by atoms with E-state index in [9.17, 15) is 4.79 Å². The van der Waals surface area contributed by atoms with Gasteiger partial charge in [0.05, 0.1) is 5.69 Å². The molecule has 1 aliphatic heterocycles. The summed E-state index contributed by atoms with van der Waals surface area (Å²) in [6, 6.07) is 5.83. The van der Waals surface area contributed by atoms with Gasteiger partial charge in [-0.05, 0) is 24.6 Å². The largest absolute Gasteiger partial charge is 0.399 e. The van der Waals surface area contributed by atoms with Crippen molar-refractivity contribution in [1.82, 2.24) is 0 Å². The number of anilines is 2. The minimum Gasteiger partial charge on any atom is -0.399 e. The topological polar surface area (TPSA) is 46.3 Å². The van der Waals surface area contributed by atoms with Crippen LogP contribution in [0.5, 0.6) is 0 Å². The molecule has 18 heavy (non-hydrogen) atoms. The number of fused-ring (bicyclic) bond motifs is 1. The summed E-state index contributed by atoms with van der Waals surface area (Å²) in [5.74, 6) is 1.28. The summed E-state index contributed by atoms with van der Waals surface area (Å²) < 4.78 is 0. The summed E-state index contributed by atoms with van der Waals surface area (Å²) in [6.07, 6.45) is 1.99. The molecule has 0 aromatic heterocycles. The van der Waals surface area contributed by atoms with Gasteiger partial charge < -0.3 is 10.6 Å². The molecule has 1 amide bonds. The van der Waals surface area contributed by atoms with Crippen molar-refractivity contribution in [3.63, 3.8) is 0 Å². The Balaban J connectivity index is 2.26. The number of carbonyl (C=O) groups excluding carboxylic acids is 1. The van der Waals surface area contributed by atoms with Crippen molar-refractivity contribution in [3.8, 4) is 0 Å². The first kappa shape index (κ1) is 13.3. The van der Waals surface area contributed by atoms with Gasteiger partial charge >= 0.3 is 0 Å². The van der Waals surface area contributed by atoms with Gasteiger partial charge in [-0.25, -0.2) is 0 Å². The lowest BCUT2D eigenvalue weighted by Gasteiger charge is -2.31. The highest BCUT2D eigenvalue weighted by Gasteiger charge is 2.26. The van der Waals surface area contributed by atoms with Crippen LogP contribution in [0.4, 0.5) is 11.4 Å². The Labute approximate surface area is 113 Å². The Kier molecular flexibility index (Phi) is 4.17. The molecule has 0 radical (unpaired) electrons. The lowest BCUT2D eigenvalue weighted by atomic mass is 10.0. The summed E-state index contributed by atoms with van der Waals surface area (Å²) in [7, 11) is 0. The molecule has 98 valence electrons. The number of nitrogen functional groups attached to an aromatic ring is 1. The maximum absolute atomic E-state index is 12.4. The van der Waals surface area contributed by atoms with Crippen LogP contribution in [0.1, 0.15) is 26.7 Å². The summed E-state index contributed by atoms with van der Waals surface area (Å²) in [6.45, 7) is 4.91. The van der Waals surface area contributed by atoms with E-state index >= 15 is 0 Å². The molecule has 0 fully saturated rings. The van der Waals surface area contributed by atoms with Crippen molar-refractivity contribution >= 4 is 29.0 Å². The quantitative estimate of drug-likeness (QED) is 0.853. The van der Waals surface area contributed by atoms with Crippen molar-refractivity contribution in [1.29, 1.82) is 0 Å². The highest BCUT2D eigenvalue weighted by molar-refractivity contribution is 7.99. The van der Waals surface area contributed by atoms with Crippen LogP contribution in [-0.2, 0) is 4.79 Å². The predicted octanol–water partition coefficient (Wildman–Crippen LogP) is 3.14. The van der Waals surface area contributed by atoms with Gasteiger partial charge in [-0.15, -0.1) is 11.8 Å². The zero-order valence-electron chi connectivity index (χ0n) is 11.0. The molecule has 4 heteroatoms. The van der Waals surface area contributed by atoms with Crippen LogP contribution in [-0.4, -0.2) is 18.2 Å². The number of hydrogen-bond donors (Lipinski definition) is 1. The molecule has 1 aromatic rings. The molecule has 2 N–H and O–H groups in total. The van der Waals surface area contributed by atoms with Crippen molar-refractivity contribution in [2.45, 2.75) is 31.6 Å². The third-order valence-corrected chi connectivity index (χ3v) is 4.30. The molecule has 1 heterocycles. The van der Waals surface area contributed by atoms with E-state index in [-0.39, 0.29) is 11.8 Å². The standard InChI is InChI=1S/C14H20N2OS/c1-3-4-10(2)14(17)16-7-8-18-13-6-5-11(15)9-12(13)16/h5-6,9-10H,3-4,7-8,15H2,1-2H3. The fourth-order valence-electron chi connectivity index (χ4n) is 2.29.